The lowest BCUT2D eigenvalue weighted by atomic mass is 10.1. The molecule has 0 saturated carbocycles. The summed E-state index contributed by atoms with van der Waals surface area (Å²) in [6.45, 7) is 6.50. The van der Waals surface area contributed by atoms with E-state index < -0.39 is 0 Å². The van der Waals surface area contributed by atoms with Gasteiger partial charge in [-0.2, -0.15) is 0 Å². The van der Waals surface area contributed by atoms with Crippen molar-refractivity contribution in [1.82, 2.24) is 5.32 Å². The summed E-state index contributed by atoms with van der Waals surface area (Å²) in [5.41, 5.74) is 5.02. The second kappa shape index (κ2) is 8.13. The molecule has 0 aliphatic carbocycles. The van der Waals surface area contributed by atoms with Crippen molar-refractivity contribution >= 4 is 11.3 Å². The van der Waals surface area contributed by atoms with Crippen LogP contribution in [0.15, 0.2) is 60.0 Å². The van der Waals surface area contributed by atoms with Crippen LogP contribution in [0.4, 0.5) is 0 Å². The van der Waals surface area contributed by atoms with Crippen LogP contribution in [0.3, 0.4) is 0 Å². The molecule has 124 valence electrons. The maximum atomic E-state index is 5.79. The number of hydrogen-bond acceptors (Lipinski definition) is 3. The first-order chi connectivity index (χ1) is 11.8. The van der Waals surface area contributed by atoms with Crippen molar-refractivity contribution in [3.05, 3.63) is 76.7 Å². The van der Waals surface area contributed by atoms with Gasteiger partial charge in [-0.3, -0.25) is 0 Å². The highest BCUT2D eigenvalue weighted by Crippen LogP contribution is 2.27. The highest BCUT2D eigenvalue weighted by Gasteiger charge is 2.07. The smallest absolute Gasteiger partial charge is 0.126 e. The molecule has 0 aliphatic heterocycles. The summed E-state index contributed by atoms with van der Waals surface area (Å²) < 4.78 is 5.79. The van der Waals surface area contributed by atoms with E-state index in [2.05, 4.69) is 72.2 Å². The Bertz CT molecular complexity index is 780. The predicted octanol–water partition coefficient (Wildman–Crippen LogP) is 5.41. The van der Waals surface area contributed by atoms with Crippen LogP contribution in [0.2, 0.25) is 0 Å². The van der Waals surface area contributed by atoms with Crippen LogP contribution in [0.1, 0.15) is 23.6 Å². The molecule has 0 bridgehead atoms. The van der Waals surface area contributed by atoms with Crippen LogP contribution in [0.5, 0.6) is 5.75 Å². The Morgan fingerprint density at radius 3 is 2.62 bits per heavy atom. The Labute approximate surface area is 148 Å². The van der Waals surface area contributed by atoms with Crippen molar-refractivity contribution in [3.8, 4) is 16.2 Å². The monoisotopic (exact) mass is 337 g/mol. The molecule has 24 heavy (non-hydrogen) atoms. The zero-order chi connectivity index (χ0) is 16.8. The molecule has 0 amide bonds. The third-order valence-electron chi connectivity index (χ3n) is 3.94. The van der Waals surface area contributed by atoms with Gasteiger partial charge < -0.3 is 10.1 Å². The molecule has 3 aromatic rings. The lowest BCUT2D eigenvalue weighted by Crippen LogP contribution is -2.13. The summed E-state index contributed by atoms with van der Waals surface area (Å²) in [6.07, 6.45) is 0. The molecule has 0 saturated heterocycles. The average Bonchev–Trinajstić information content (AvgIpc) is 3.07. The topological polar surface area (TPSA) is 21.3 Å². The normalized spacial score (nSPS) is 10.8. The molecule has 0 spiro atoms. The van der Waals surface area contributed by atoms with Crippen molar-refractivity contribution in [2.45, 2.75) is 26.9 Å². The van der Waals surface area contributed by atoms with Crippen LogP contribution in [-0.4, -0.2) is 6.61 Å². The standard InChI is InChI=1S/C21H23NOS/c1-3-23-21-16(2)8-7-11-19(21)14-22-13-17-12-20(24-15-17)18-9-5-4-6-10-18/h4-12,15,22H,3,13-14H2,1-2H3. The van der Waals surface area contributed by atoms with E-state index in [1.807, 2.05) is 6.92 Å². The molecule has 0 aliphatic rings. The zero-order valence-electron chi connectivity index (χ0n) is 14.2. The molecule has 0 radical (unpaired) electrons. The summed E-state index contributed by atoms with van der Waals surface area (Å²) in [5.74, 6) is 1.02. The SMILES string of the molecule is CCOc1c(C)cccc1CNCc1csc(-c2ccccc2)c1. The van der Waals surface area contributed by atoms with Gasteiger partial charge in [0.2, 0.25) is 0 Å². The van der Waals surface area contributed by atoms with Crippen molar-refractivity contribution in [3.63, 3.8) is 0 Å². The summed E-state index contributed by atoms with van der Waals surface area (Å²) in [4.78, 5) is 1.32. The van der Waals surface area contributed by atoms with Gasteiger partial charge in [0, 0.05) is 23.5 Å². The van der Waals surface area contributed by atoms with Crippen LogP contribution in [0, 0.1) is 6.92 Å². The van der Waals surface area contributed by atoms with Crippen molar-refractivity contribution in [2.24, 2.45) is 0 Å². The molecule has 2 nitrogen and oxygen atoms in total. The number of thiophene rings is 1. The van der Waals surface area contributed by atoms with E-state index in [9.17, 15) is 0 Å². The van der Waals surface area contributed by atoms with E-state index in [-0.39, 0.29) is 0 Å². The Balaban J connectivity index is 1.62. The molecule has 2 aromatic carbocycles. The Morgan fingerprint density at radius 2 is 1.83 bits per heavy atom. The lowest BCUT2D eigenvalue weighted by Gasteiger charge is -2.13. The number of nitrogens with one attached hydrogen (secondary N) is 1. The minimum Gasteiger partial charge on any atom is -0.493 e. The lowest BCUT2D eigenvalue weighted by molar-refractivity contribution is 0.333. The zero-order valence-corrected chi connectivity index (χ0v) is 15.0. The van der Waals surface area contributed by atoms with E-state index in [4.69, 9.17) is 4.74 Å². The van der Waals surface area contributed by atoms with Gasteiger partial charge in [0.15, 0.2) is 0 Å². The van der Waals surface area contributed by atoms with Crippen LogP contribution >= 0.6 is 11.3 Å². The Hall–Kier alpha value is -2.10. The van der Waals surface area contributed by atoms with Gasteiger partial charge in [-0.1, -0.05) is 48.5 Å². The van der Waals surface area contributed by atoms with Gasteiger partial charge >= 0.3 is 0 Å². The first-order valence-electron chi connectivity index (χ1n) is 8.32. The van der Waals surface area contributed by atoms with Gasteiger partial charge in [0.25, 0.3) is 0 Å². The summed E-state index contributed by atoms with van der Waals surface area (Å²) in [6, 6.07) is 19.1. The van der Waals surface area contributed by atoms with E-state index in [0.717, 1.165) is 18.8 Å². The van der Waals surface area contributed by atoms with Crippen molar-refractivity contribution in [1.29, 1.82) is 0 Å². The van der Waals surface area contributed by atoms with E-state index in [0.29, 0.717) is 6.61 Å². The fraction of sp³-hybridized carbons (Fsp3) is 0.238. The number of hydrogen-bond donors (Lipinski definition) is 1. The number of rotatable bonds is 7. The van der Waals surface area contributed by atoms with Gasteiger partial charge in [-0.15, -0.1) is 11.3 Å². The van der Waals surface area contributed by atoms with Gasteiger partial charge in [0.1, 0.15) is 5.75 Å². The van der Waals surface area contributed by atoms with Crippen LogP contribution < -0.4 is 10.1 Å². The molecule has 0 fully saturated rings. The molecule has 1 heterocycles. The predicted molar refractivity (Wildman–Crippen MR) is 103 cm³/mol. The minimum absolute atomic E-state index is 0.697. The van der Waals surface area contributed by atoms with Gasteiger partial charge in [-0.25, -0.2) is 0 Å². The number of para-hydroxylation sites is 1. The molecule has 1 aromatic heterocycles. The first-order valence-corrected chi connectivity index (χ1v) is 9.20. The summed E-state index contributed by atoms with van der Waals surface area (Å²) in [5, 5.41) is 5.77. The van der Waals surface area contributed by atoms with Crippen LogP contribution in [0.25, 0.3) is 10.4 Å². The number of ether oxygens (including phenoxy) is 1. The quantitative estimate of drug-likeness (QED) is 0.622. The maximum Gasteiger partial charge on any atom is 0.126 e. The third kappa shape index (κ3) is 4.05. The largest absolute Gasteiger partial charge is 0.493 e. The number of aryl methyl sites for hydroxylation is 1. The van der Waals surface area contributed by atoms with E-state index in [1.54, 1.807) is 11.3 Å². The molecule has 3 heteroatoms. The fourth-order valence-electron chi connectivity index (χ4n) is 2.77. The molecule has 1 N–H and O–H groups in total. The minimum atomic E-state index is 0.697. The fourth-order valence-corrected chi connectivity index (χ4v) is 3.69. The highest BCUT2D eigenvalue weighted by atomic mass is 32.1. The molecule has 0 unspecified atom stereocenters. The maximum absolute atomic E-state index is 5.79. The number of benzene rings is 2. The Kier molecular flexibility index (Phi) is 5.68. The van der Waals surface area contributed by atoms with E-state index in [1.165, 1.54) is 27.1 Å². The molecular weight excluding hydrogens is 314 g/mol. The van der Waals surface area contributed by atoms with Crippen molar-refractivity contribution in [2.75, 3.05) is 6.61 Å². The molecular formula is C21H23NOS. The highest BCUT2D eigenvalue weighted by molar-refractivity contribution is 7.13. The van der Waals surface area contributed by atoms with Gasteiger partial charge in [0.05, 0.1) is 6.61 Å². The Morgan fingerprint density at radius 1 is 1.00 bits per heavy atom. The second-order valence-corrected chi connectivity index (χ2v) is 6.70. The first kappa shape index (κ1) is 16.7. The molecule has 3 rings (SSSR count). The van der Waals surface area contributed by atoms with Crippen LogP contribution in [-0.2, 0) is 13.1 Å². The van der Waals surface area contributed by atoms with E-state index >= 15 is 0 Å². The average molecular weight is 337 g/mol. The molecule has 0 atom stereocenters. The third-order valence-corrected chi connectivity index (χ3v) is 4.97. The summed E-state index contributed by atoms with van der Waals surface area (Å²) in [7, 11) is 0. The van der Waals surface area contributed by atoms with Gasteiger partial charge in [-0.05, 0) is 42.0 Å². The second-order valence-electron chi connectivity index (χ2n) is 5.78. The van der Waals surface area contributed by atoms with Crippen molar-refractivity contribution < 1.29 is 4.74 Å². The summed E-state index contributed by atoms with van der Waals surface area (Å²) >= 11 is 1.80.